The zero-order chi connectivity index (χ0) is 51.8. The Balaban J connectivity index is 1.22. The third kappa shape index (κ3) is 8.85. The van der Waals surface area contributed by atoms with Crippen molar-refractivity contribution in [2.75, 3.05) is 28.7 Å². The number of halogens is 12. The first-order chi connectivity index (χ1) is 32.6. The SMILES string of the molecule is [2H]Oc1ccc(C(c2ccc(O)c(N)c2)(C(F)(F)F)C(F)(F)F)cc1NC(=O)c1ccc(Oc2ccc(C(=O)Nc3cc(C(c4ccc(O)c(NC)c4)(C(F)(F)F)C(F)(F)F)ccc3O[2H])cc2)cc1. The van der Waals surface area contributed by atoms with Gasteiger partial charge in [-0.15, -0.1) is 0 Å². The second kappa shape index (κ2) is 17.7. The van der Waals surface area contributed by atoms with Crippen molar-refractivity contribution in [2.45, 2.75) is 35.5 Å². The molecule has 6 rings (SSSR count). The minimum absolute atomic E-state index is 0.0153. The minimum Gasteiger partial charge on any atom is -0.506 e. The number of nitrogen functional groups attached to an aromatic ring is 1. The van der Waals surface area contributed by atoms with Crippen molar-refractivity contribution in [3.63, 3.8) is 0 Å². The van der Waals surface area contributed by atoms with Gasteiger partial charge in [-0.25, -0.2) is 0 Å². The molecule has 9 N–H and O–H groups in total. The van der Waals surface area contributed by atoms with E-state index in [0.717, 1.165) is 31.3 Å². The number of carbonyl (C=O) groups excluding carboxylic acids is 2. The molecule has 0 saturated carbocycles. The van der Waals surface area contributed by atoms with Crippen LogP contribution in [0.1, 0.15) is 43.0 Å². The Morgan fingerprint density at radius 1 is 0.485 bits per heavy atom. The predicted molar refractivity (Wildman–Crippen MR) is 221 cm³/mol. The first-order valence-corrected chi connectivity index (χ1v) is 19.1. The molecule has 0 unspecified atom stereocenters. The first-order valence-electron chi connectivity index (χ1n) is 19.9. The van der Waals surface area contributed by atoms with Gasteiger partial charge >= 0.3 is 24.7 Å². The minimum atomic E-state index is -6.09. The van der Waals surface area contributed by atoms with Gasteiger partial charge in [0.25, 0.3) is 14.7 Å². The van der Waals surface area contributed by atoms with Gasteiger partial charge in [0.1, 0.15) is 34.5 Å². The highest BCUT2D eigenvalue weighted by Crippen LogP contribution is 2.59. The molecule has 358 valence electrons. The molecule has 0 bridgehead atoms. The Morgan fingerprint density at radius 2 is 0.809 bits per heavy atom. The lowest BCUT2D eigenvalue weighted by Gasteiger charge is -2.38. The quantitative estimate of drug-likeness (QED) is 0.0317. The number of nitrogens with one attached hydrogen (secondary N) is 3. The smallest absolute Gasteiger partial charge is 0.411 e. The molecular weight excluding hydrogens is 936 g/mol. The summed E-state index contributed by atoms with van der Waals surface area (Å²) < 4.78 is 198. The summed E-state index contributed by atoms with van der Waals surface area (Å²) in [6, 6.07) is 14.8. The van der Waals surface area contributed by atoms with Gasteiger partial charge < -0.3 is 46.9 Å². The van der Waals surface area contributed by atoms with E-state index in [1.165, 1.54) is 24.3 Å². The Kier molecular flexibility index (Phi) is 12.1. The summed E-state index contributed by atoms with van der Waals surface area (Å²) in [6.45, 7) is 0. The monoisotopic (exact) mass is 970 g/mol. The molecule has 0 radical (unpaired) electrons. The number of aromatic hydroxyl groups is 4. The lowest BCUT2D eigenvalue weighted by molar-refractivity contribution is -0.290. The van der Waals surface area contributed by atoms with Crippen molar-refractivity contribution >= 4 is 34.6 Å². The van der Waals surface area contributed by atoms with Crippen LogP contribution in [0, 0.1) is 0 Å². The number of rotatable bonds is 13. The van der Waals surface area contributed by atoms with Crippen LogP contribution in [0.25, 0.3) is 0 Å². The molecule has 6 aromatic rings. The van der Waals surface area contributed by atoms with Crippen molar-refractivity contribution < 1.29 is 87.4 Å². The number of hydrogen-bond acceptors (Lipinski definition) is 9. The number of ether oxygens (including phenoxy) is 1. The van der Waals surface area contributed by atoms with Crippen LogP contribution in [0.4, 0.5) is 75.4 Å². The second-order valence-electron chi connectivity index (χ2n) is 14.7. The van der Waals surface area contributed by atoms with E-state index in [4.69, 9.17) is 13.3 Å². The van der Waals surface area contributed by atoms with Crippen molar-refractivity contribution in [2.24, 2.45) is 0 Å². The number of carbonyl (C=O) groups is 2. The zero-order valence-corrected chi connectivity index (χ0v) is 34.1. The molecular formula is C45H32F12N4O7. The number of benzene rings is 6. The van der Waals surface area contributed by atoms with Gasteiger partial charge in [-0.05, 0) is 119 Å². The summed E-state index contributed by atoms with van der Waals surface area (Å²) in [5.41, 5.74) is -13.0. The van der Waals surface area contributed by atoms with Crippen LogP contribution in [0.5, 0.6) is 34.5 Å². The standard InChI is InChI=1S/C45H32F12N4O7/c1-59-31-19-25(7-15-35(31)63)41(44(52,53)54,45(55,56)57)27-9-17-37(65)33(21-27)61-39(67)23-4-12-29(13-5-23)68-28-10-2-22(3-11-28)38(66)60-32-20-26(8-16-36(32)64)40(42(46,47)48,43(49,50)51)24-6-14-34(62)30(58)18-24/h2-21,59,62-65H,58H2,1H3,(H,60,66)(H,61,67)/i/hD2. The van der Waals surface area contributed by atoms with Gasteiger partial charge in [0, 0.05) is 18.2 Å². The van der Waals surface area contributed by atoms with Gasteiger partial charge in [-0.1, -0.05) is 24.3 Å². The van der Waals surface area contributed by atoms with Crippen molar-refractivity contribution in [3.05, 3.63) is 155 Å². The molecule has 11 nitrogen and oxygen atoms in total. The Hall–Kier alpha value is -7.98. The van der Waals surface area contributed by atoms with E-state index in [2.05, 4.69) is 26.2 Å². The van der Waals surface area contributed by atoms with Crippen LogP contribution in [0.2, 0.25) is 0 Å². The molecule has 0 aromatic heterocycles. The molecule has 0 atom stereocenters. The largest absolute Gasteiger partial charge is 0.506 e. The summed E-state index contributed by atoms with van der Waals surface area (Å²) in [7, 11) is 1.16. The van der Waals surface area contributed by atoms with Crippen LogP contribution < -0.4 is 26.4 Å². The third-order valence-corrected chi connectivity index (χ3v) is 10.7. The molecule has 2 amide bonds. The van der Waals surface area contributed by atoms with Gasteiger partial charge in [0.15, 0.2) is 0 Å². The number of phenolic OH excluding ortho intramolecular Hbond substituents is 4. The summed E-state index contributed by atoms with van der Waals surface area (Å²) in [5.74, 6) is -4.91. The van der Waals surface area contributed by atoms with Gasteiger partial charge in [0.05, 0.1) is 22.7 Å². The summed E-state index contributed by atoms with van der Waals surface area (Å²) in [4.78, 5) is 26.6. The molecule has 0 heterocycles. The van der Waals surface area contributed by atoms with E-state index in [1.54, 1.807) is 0 Å². The number of anilines is 4. The number of hydrogen-bond donors (Lipinski definition) is 8. The third-order valence-electron chi connectivity index (χ3n) is 10.7. The highest BCUT2D eigenvalue weighted by atomic mass is 19.4. The maximum atomic E-state index is 14.9. The molecule has 68 heavy (non-hydrogen) atoms. The molecule has 0 aliphatic carbocycles. The van der Waals surface area contributed by atoms with Gasteiger partial charge in [-0.2, -0.15) is 52.7 Å². The topological polar surface area (TPSA) is 186 Å². The van der Waals surface area contributed by atoms with Gasteiger partial charge in [-0.3, -0.25) is 9.59 Å². The van der Waals surface area contributed by atoms with Crippen molar-refractivity contribution in [3.8, 4) is 34.5 Å². The summed E-state index contributed by atoms with van der Waals surface area (Å²) in [5, 5.41) is 35.0. The van der Waals surface area contributed by atoms with Crippen LogP contribution >= 0.6 is 0 Å². The molecule has 23 heteroatoms. The highest BCUT2D eigenvalue weighted by Gasteiger charge is 2.74. The maximum Gasteiger partial charge on any atom is 0.411 e. The molecule has 0 spiro atoms. The van der Waals surface area contributed by atoms with Crippen LogP contribution in [0.15, 0.2) is 121 Å². The van der Waals surface area contributed by atoms with E-state index < -0.39 is 115 Å². The van der Waals surface area contributed by atoms with Crippen LogP contribution in [-0.2, 0) is 10.8 Å². The fourth-order valence-corrected chi connectivity index (χ4v) is 7.32. The number of phenols is 4. The number of amides is 2. The Morgan fingerprint density at radius 3 is 1.13 bits per heavy atom. The number of nitrogens with two attached hydrogens (primary N) is 1. The van der Waals surface area contributed by atoms with Crippen molar-refractivity contribution in [1.29, 1.82) is 2.86 Å². The van der Waals surface area contributed by atoms with Crippen molar-refractivity contribution in [1.82, 2.24) is 0 Å². The zero-order valence-electron chi connectivity index (χ0n) is 36.1. The normalized spacial score (nSPS) is 12.9. The van der Waals surface area contributed by atoms with E-state index in [0.29, 0.717) is 72.8 Å². The molecule has 6 aromatic carbocycles. The lowest BCUT2D eigenvalue weighted by Crippen LogP contribution is -2.54. The molecule has 0 aliphatic heterocycles. The summed E-state index contributed by atoms with van der Waals surface area (Å²) in [6.07, 6.45) is -24.3. The average molecular weight is 971 g/mol. The average Bonchev–Trinajstić information content (AvgIpc) is 3.27. The van der Waals surface area contributed by atoms with E-state index >= 15 is 0 Å². The lowest BCUT2D eigenvalue weighted by atomic mass is 9.72. The molecule has 0 fully saturated rings. The Labute approximate surface area is 378 Å². The van der Waals surface area contributed by atoms with E-state index in [1.807, 2.05) is 0 Å². The Bertz CT molecular complexity index is 2890. The molecule has 0 aliphatic rings. The van der Waals surface area contributed by atoms with Gasteiger partial charge in [0.2, 0.25) is 10.8 Å². The van der Waals surface area contributed by atoms with Crippen LogP contribution in [0.3, 0.4) is 0 Å². The second-order valence-corrected chi connectivity index (χ2v) is 14.7. The highest BCUT2D eigenvalue weighted by molar-refractivity contribution is 6.06. The fourth-order valence-electron chi connectivity index (χ4n) is 7.32. The molecule has 0 saturated heterocycles. The summed E-state index contributed by atoms with van der Waals surface area (Å²) >= 11 is 0. The maximum absolute atomic E-state index is 14.9. The van der Waals surface area contributed by atoms with E-state index in [-0.39, 0.29) is 22.6 Å². The predicted octanol–water partition coefficient (Wildman–Crippen LogP) is 11.3. The first kappa shape index (κ1) is 46.5. The number of alkyl halides is 12. The fraction of sp³-hybridized carbons (Fsp3) is 0.156. The van der Waals surface area contributed by atoms with E-state index in [9.17, 15) is 72.5 Å². The van der Waals surface area contributed by atoms with Crippen LogP contribution in [-0.4, -0.2) is 66.9 Å².